The van der Waals surface area contributed by atoms with Gasteiger partial charge in [0.1, 0.15) is 6.07 Å². The van der Waals surface area contributed by atoms with Gasteiger partial charge in [0.05, 0.1) is 0 Å². The summed E-state index contributed by atoms with van der Waals surface area (Å²) < 4.78 is 0. The topological polar surface area (TPSA) is 62.4 Å². The second kappa shape index (κ2) is 4.77. The molecule has 0 radical (unpaired) electrons. The highest BCUT2D eigenvalue weighted by Gasteiger charge is 2.02. The molecule has 0 aliphatic heterocycles. The summed E-state index contributed by atoms with van der Waals surface area (Å²) in [5.74, 6) is -0.548. The number of oxime groups is 1. The van der Waals surface area contributed by atoms with Gasteiger partial charge in [-0.15, -0.1) is 0 Å². The van der Waals surface area contributed by atoms with Crippen LogP contribution < -0.4 is 0 Å². The lowest BCUT2D eigenvalue weighted by atomic mass is 10.1. The van der Waals surface area contributed by atoms with Crippen molar-refractivity contribution in [2.45, 2.75) is 6.92 Å². The first-order valence-electron chi connectivity index (χ1n) is 3.95. The van der Waals surface area contributed by atoms with Crippen LogP contribution in [0.15, 0.2) is 35.5 Å². The molecule has 0 spiro atoms. The molecule has 0 unspecified atom stereocenters. The molecule has 0 saturated heterocycles. The fraction of sp³-hybridized carbons (Fsp3) is 0.100. The Balaban J connectivity index is 2.89. The van der Waals surface area contributed by atoms with Crippen LogP contribution in [0.1, 0.15) is 12.5 Å². The summed E-state index contributed by atoms with van der Waals surface area (Å²) in [7, 11) is 0. The molecule has 0 heterocycles. The van der Waals surface area contributed by atoms with E-state index < -0.39 is 5.97 Å². The Morgan fingerprint density at radius 2 is 2.07 bits per heavy atom. The standard InChI is InChI=1S/C10H8N2O2/c1-8(13)14-12-10(7-11)9-5-3-2-4-6-9/h2-6H,1H3/b12-10+. The number of benzene rings is 1. The van der Waals surface area contributed by atoms with Gasteiger partial charge in [-0.2, -0.15) is 5.26 Å². The fourth-order valence-corrected chi connectivity index (χ4v) is 0.844. The van der Waals surface area contributed by atoms with E-state index in [1.54, 1.807) is 24.3 Å². The maximum absolute atomic E-state index is 10.5. The number of nitriles is 1. The van der Waals surface area contributed by atoms with E-state index in [2.05, 4.69) is 9.99 Å². The van der Waals surface area contributed by atoms with Gasteiger partial charge < -0.3 is 4.84 Å². The van der Waals surface area contributed by atoms with Crippen LogP contribution in [0.5, 0.6) is 0 Å². The highest BCUT2D eigenvalue weighted by Crippen LogP contribution is 2.00. The summed E-state index contributed by atoms with van der Waals surface area (Å²) in [5, 5.41) is 12.1. The second-order valence-electron chi connectivity index (χ2n) is 2.50. The Morgan fingerprint density at radius 1 is 1.43 bits per heavy atom. The molecule has 0 aliphatic rings. The lowest BCUT2D eigenvalue weighted by Gasteiger charge is -1.95. The van der Waals surface area contributed by atoms with Crippen molar-refractivity contribution in [3.05, 3.63) is 35.9 Å². The Labute approximate surface area is 81.4 Å². The van der Waals surface area contributed by atoms with Gasteiger partial charge in [-0.05, 0) is 0 Å². The zero-order chi connectivity index (χ0) is 10.4. The second-order valence-corrected chi connectivity index (χ2v) is 2.50. The van der Waals surface area contributed by atoms with Crippen molar-refractivity contribution in [1.29, 1.82) is 5.26 Å². The zero-order valence-corrected chi connectivity index (χ0v) is 7.60. The lowest BCUT2D eigenvalue weighted by Crippen LogP contribution is -2.00. The van der Waals surface area contributed by atoms with Gasteiger partial charge in [0.15, 0.2) is 5.71 Å². The van der Waals surface area contributed by atoms with Crippen LogP contribution in [0, 0.1) is 11.3 Å². The molecule has 4 nitrogen and oxygen atoms in total. The van der Waals surface area contributed by atoms with Gasteiger partial charge in [0.2, 0.25) is 0 Å². The molecule has 0 bridgehead atoms. The molecule has 70 valence electrons. The van der Waals surface area contributed by atoms with Crippen molar-refractivity contribution in [1.82, 2.24) is 0 Å². The molecule has 14 heavy (non-hydrogen) atoms. The third-order valence-corrected chi connectivity index (χ3v) is 1.42. The smallest absolute Gasteiger partial charge is 0.317 e. The number of hydrogen-bond donors (Lipinski definition) is 0. The largest absolute Gasteiger partial charge is 0.332 e. The molecular formula is C10H8N2O2. The third kappa shape index (κ3) is 2.72. The fourth-order valence-electron chi connectivity index (χ4n) is 0.844. The van der Waals surface area contributed by atoms with Gasteiger partial charge in [-0.3, -0.25) is 0 Å². The average Bonchev–Trinajstić information content (AvgIpc) is 2.20. The van der Waals surface area contributed by atoms with Crippen LogP contribution >= 0.6 is 0 Å². The Hall–Kier alpha value is -2.15. The van der Waals surface area contributed by atoms with E-state index in [1.807, 2.05) is 12.1 Å². The monoisotopic (exact) mass is 188 g/mol. The zero-order valence-electron chi connectivity index (χ0n) is 7.60. The molecule has 1 aromatic rings. The number of hydrogen-bond acceptors (Lipinski definition) is 4. The number of rotatable bonds is 2. The van der Waals surface area contributed by atoms with Gasteiger partial charge in [0.25, 0.3) is 0 Å². The maximum Gasteiger partial charge on any atom is 0.332 e. The SMILES string of the molecule is CC(=O)O/N=C(\C#N)c1ccccc1. The van der Waals surface area contributed by atoms with Crippen molar-refractivity contribution in [2.75, 3.05) is 0 Å². The summed E-state index contributed by atoms with van der Waals surface area (Å²) in [4.78, 5) is 14.8. The molecule has 0 atom stereocenters. The van der Waals surface area contributed by atoms with Crippen LogP contribution in [0.2, 0.25) is 0 Å². The molecule has 0 fully saturated rings. The summed E-state index contributed by atoms with van der Waals surface area (Å²) >= 11 is 0. The number of carbonyl (C=O) groups excluding carboxylic acids is 1. The molecule has 1 aromatic carbocycles. The van der Waals surface area contributed by atoms with Crippen LogP contribution in [0.3, 0.4) is 0 Å². The van der Waals surface area contributed by atoms with E-state index >= 15 is 0 Å². The quantitative estimate of drug-likeness (QED) is 0.401. The normalized spacial score (nSPS) is 10.4. The van der Waals surface area contributed by atoms with Crippen LogP contribution in [0.4, 0.5) is 0 Å². The first-order chi connectivity index (χ1) is 6.74. The maximum atomic E-state index is 10.5. The van der Waals surface area contributed by atoms with E-state index in [0.717, 1.165) is 0 Å². The highest BCUT2D eigenvalue weighted by atomic mass is 16.7. The van der Waals surface area contributed by atoms with Crippen molar-refractivity contribution >= 4 is 11.7 Å². The Bertz CT molecular complexity index is 390. The first-order valence-corrected chi connectivity index (χ1v) is 3.95. The van der Waals surface area contributed by atoms with E-state index in [-0.39, 0.29) is 5.71 Å². The van der Waals surface area contributed by atoms with E-state index in [9.17, 15) is 4.79 Å². The van der Waals surface area contributed by atoms with Crippen LogP contribution in [-0.4, -0.2) is 11.7 Å². The van der Waals surface area contributed by atoms with Gasteiger partial charge in [-0.25, -0.2) is 4.79 Å². The van der Waals surface area contributed by atoms with Crippen LogP contribution in [-0.2, 0) is 9.63 Å². The molecule has 4 heteroatoms. The molecule has 0 aromatic heterocycles. The minimum Gasteiger partial charge on any atom is -0.317 e. The molecule has 0 amide bonds. The summed E-state index contributed by atoms with van der Waals surface area (Å²) in [6.45, 7) is 1.23. The Kier molecular flexibility index (Phi) is 3.39. The van der Waals surface area contributed by atoms with E-state index in [0.29, 0.717) is 5.56 Å². The Morgan fingerprint density at radius 3 is 2.57 bits per heavy atom. The average molecular weight is 188 g/mol. The van der Waals surface area contributed by atoms with Crippen molar-refractivity contribution in [3.63, 3.8) is 0 Å². The van der Waals surface area contributed by atoms with Gasteiger partial charge in [0, 0.05) is 12.5 Å². The van der Waals surface area contributed by atoms with Gasteiger partial charge >= 0.3 is 5.97 Å². The van der Waals surface area contributed by atoms with Crippen molar-refractivity contribution in [2.24, 2.45) is 5.16 Å². The highest BCUT2D eigenvalue weighted by molar-refractivity contribution is 6.11. The van der Waals surface area contributed by atoms with E-state index in [4.69, 9.17) is 5.26 Å². The van der Waals surface area contributed by atoms with Crippen LogP contribution in [0.25, 0.3) is 0 Å². The number of nitrogens with zero attached hydrogens (tertiary/aromatic N) is 2. The lowest BCUT2D eigenvalue weighted by molar-refractivity contribution is -0.140. The first kappa shape index (κ1) is 9.93. The molecule has 0 aliphatic carbocycles. The predicted octanol–water partition coefficient (Wildman–Crippen LogP) is 1.48. The summed E-state index contributed by atoms with van der Waals surface area (Å²) in [5.41, 5.74) is 0.706. The molecule has 0 saturated carbocycles. The third-order valence-electron chi connectivity index (χ3n) is 1.42. The van der Waals surface area contributed by atoms with Crippen molar-refractivity contribution in [3.8, 4) is 6.07 Å². The molecular weight excluding hydrogens is 180 g/mol. The molecule has 1 rings (SSSR count). The minimum atomic E-state index is -0.548. The number of carbonyl (C=O) groups is 1. The van der Waals surface area contributed by atoms with Gasteiger partial charge in [-0.1, -0.05) is 35.5 Å². The van der Waals surface area contributed by atoms with Crippen molar-refractivity contribution < 1.29 is 9.63 Å². The minimum absolute atomic E-state index is 0.0841. The summed E-state index contributed by atoms with van der Waals surface area (Å²) in [6.07, 6.45) is 0. The summed E-state index contributed by atoms with van der Waals surface area (Å²) in [6, 6.07) is 10.6. The molecule has 0 N–H and O–H groups in total. The predicted molar refractivity (Wildman–Crippen MR) is 50.4 cm³/mol. The van der Waals surface area contributed by atoms with E-state index in [1.165, 1.54) is 6.92 Å².